The second-order valence-electron chi connectivity index (χ2n) is 5.02. The second kappa shape index (κ2) is 4.83. The molecule has 0 aliphatic rings. The highest BCUT2D eigenvalue weighted by Crippen LogP contribution is 2.16. The van der Waals surface area contributed by atoms with Gasteiger partial charge < -0.3 is 11.1 Å². The first kappa shape index (κ1) is 11.9. The van der Waals surface area contributed by atoms with E-state index in [2.05, 4.69) is 39.9 Å². The summed E-state index contributed by atoms with van der Waals surface area (Å²) in [7, 11) is 0. The van der Waals surface area contributed by atoms with E-state index in [9.17, 15) is 0 Å². The molecule has 0 fully saturated rings. The summed E-state index contributed by atoms with van der Waals surface area (Å²) in [5.41, 5.74) is 6.19. The Morgan fingerprint density at radius 3 is 2.00 bits per heavy atom. The number of hydrogen-bond donors (Lipinski definition) is 2. The van der Waals surface area contributed by atoms with Gasteiger partial charge in [-0.3, -0.25) is 0 Å². The molecule has 0 saturated carbocycles. The van der Waals surface area contributed by atoms with Gasteiger partial charge in [-0.05, 0) is 17.9 Å². The van der Waals surface area contributed by atoms with E-state index in [4.69, 9.17) is 5.73 Å². The molecule has 0 aromatic rings. The monoisotopic (exact) mass is 172 g/mol. The van der Waals surface area contributed by atoms with Gasteiger partial charge >= 0.3 is 0 Å². The van der Waals surface area contributed by atoms with Crippen molar-refractivity contribution >= 4 is 0 Å². The van der Waals surface area contributed by atoms with Crippen LogP contribution in [0.25, 0.3) is 0 Å². The number of nitrogens with one attached hydrogen (secondary N) is 1. The Labute approximate surface area is 76.9 Å². The van der Waals surface area contributed by atoms with Crippen molar-refractivity contribution in [1.29, 1.82) is 0 Å². The Kier molecular flexibility index (Phi) is 4.80. The SMILES string of the molecule is CC(C)CNCC(N)C(C)(C)C. The summed E-state index contributed by atoms with van der Waals surface area (Å²) in [6.45, 7) is 12.9. The van der Waals surface area contributed by atoms with Gasteiger partial charge in [0.2, 0.25) is 0 Å². The Hall–Kier alpha value is -0.0800. The van der Waals surface area contributed by atoms with Gasteiger partial charge in [0.15, 0.2) is 0 Å². The van der Waals surface area contributed by atoms with Gasteiger partial charge in [-0.2, -0.15) is 0 Å². The minimum atomic E-state index is 0.212. The molecule has 0 aliphatic heterocycles. The molecule has 3 N–H and O–H groups in total. The van der Waals surface area contributed by atoms with Gasteiger partial charge in [0, 0.05) is 12.6 Å². The lowest BCUT2D eigenvalue weighted by molar-refractivity contribution is 0.306. The third kappa shape index (κ3) is 5.56. The van der Waals surface area contributed by atoms with Gasteiger partial charge in [-0.1, -0.05) is 34.6 Å². The summed E-state index contributed by atoms with van der Waals surface area (Å²) in [6, 6.07) is 0.247. The van der Waals surface area contributed by atoms with E-state index < -0.39 is 0 Å². The minimum Gasteiger partial charge on any atom is -0.326 e. The van der Waals surface area contributed by atoms with E-state index in [0.717, 1.165) is 13.1 Å². The molecule has 0 rings (SSSR count). The summed E-state index contributed by atoms with van der Waals surface area (Å²) in [4.78, 5) is 0. The zero-order valence-corrected chi connectivity index (χ0v) is 9.15. The smallest absolute Gasteiger partial charge is 0.0214 e. The molecule has 0 spiro atoms. The van der Waals surface area contributed by atoms with Gasteiger partial charge in [-0.25, -0.2) is 0 Å². The third-order valence-electron chi connectivity index (χ3n) is 2.03. The quantitative estimate of drug-likeness (QED) is 0.676. The van der Waals surface area contributed by atoms with E-state index >= 15 is 0 Å². The molecule has 2 nitrogen and oxygen atoms in total. The van der Waals surface area contributed by atoms with Crippen molar-refractivity contribution in [2.45, 2.75) is 40.7 Å². The molecular formula is C10H24N2. The molecule has 0 aromatic carbocycles. The Balaban J connectivity index is 3.51. The molecule has 74 valence electrons. The Morgan fingerprint density at radius 1 is 1.17 bits per heavy atom. The van der Waals surface area contributed by atoms with Crippen LogP contribution in [-0.2, 0) is 0 Å². The largest absolute Gasteiger partial charge is 0.326 e. The molecule has 2 heteroatoms. The third-order valence-corrected chi connectivity index (χ3v) is 2.03. The summed E-state index contributed by atoms with van der Waals surface area (Å²) in [5.74, 6) is 0.706. The van der Waals surface area contributed by atoms with Crippen molar-refractivity contribution in [2.75, 3.05) is 13.1 Å². The highest BCUT2D eigenvalue weighted by Gasteiger charge is 2.19. The lowest BCUT2D eigenvalue weighted by atomic mass is 9.87. The summed E-state index contributed by atoms with van der Waals surface area (Å²) in [5, 5.41) is 3.37. The fourth-order valence-electron chi connectivity index (χ4n) is 0.834. The first-order valence-electron chi connectivity index (χ1n) is 4.80. The topological polar surface area (TPSA) is 38.0 Å². The zero-order chi connectivity index (χ0) is 9.78. The van der Waals surface area contributed by atoms with Crippen LogP contribution in [0, 0.1) is 11.3 Å². The Morgan fingerprint density at radius 2 is 1.67 bits per heavy atom. The lowest BCUT2D eigenvalue weighted by Crippen LogP contribution is -2.44. The zero-order valence-electron chi connectivity index (χ0n) is 9.15. The molecule has 0 amide bonds. The Bertz CT molecular complexity index is 113. The van der Waals surface area contributed by atoms with Crippen LogP contribution in [0.1, 0.15) is 34.6 Å². The molecule has 0 radical (unpaired) electrons. The molecule has 12 heavy (non-hydrogen) atoms. The van der Waals surface area contributed by atoms with Crippen molar-refractivity contribution in [3.05, 3.63) is 0 Å². The highest BCUT2D eigenvalue weighted by molar-refractivity contribution is 4.78. The average molecular weight is 172 g/mol. The van der Waals surface area contributed by atoms with Crippen LogP contribution in [0.2, 0.25) is 0 Å². The maximum Gasteiger partial charge on any atom is 0.0214 e. The minimum absolute atomic E-state index is 0.212. The van der Waals surface area contributed by atoms with E-state index in [1.807, 2.05) is 0 Å². The summed E-state index contributed by atoms with van der Waals surface area (Å²) >= 11 is 0. The fraction of sp³-hybridized carbons (Fsp3) is 1.00. The number of hydrogen-bond acceptors (Lipinski definition) is 2. The van der Waals surface area contributed by atoms with Crippen LogP contribution < -0.4 is 11.1 Å². The first-order chi connectivity index (χ1) is 5.34. The maximum atomic E-state index is 5.97. The maximum absolute atomic E-state index is 5.97. The van der Waals surface area contributed by atoms with Crippen molar-refractivity contribution in [3.63, 3.8) is 0 Å². The lowest BCUT2D eigenvalue weighted by Gasteiger charge is -2.27. The molecule has 0 saturated heterocycles. The van der Waals surface area contributed by atoms with Crippen LogP contribution in [0.5, 0.6) is 0 Å². The van der Waals surface area contributed by atoms with E-state index in [1.54, 1.807) is 0 Å². The van der Waals surface area contributed by atoms with Crippen LogP contribution in [-0.4, -0.2) is 19.1 Å². The normalized spacial score (nSPS) is 15.2. The highest BCUT2D eigenvalue weighted by atomic mass is 14.9. The first-order valence-corrected chi connectivity index (χ1v) is 4.80. The van der Waals surface area contributed by atoms with Crippen molar-refractivity contribution < 1.29 is 0 Å². The van der Waals surface area contributed by atoms with Gasteiger partial charge in [0.05, 0.1) is 0 Å². The van der Waals surface area contributed by atoms with Crippen LogP contribution in [0.3, 0.4) is 0 Å². The second-order valence-corrected chi connectivity index (χ2v) is 5.02. The van der Waals surface area contributed by atoms with Gasteiger partial charge in [0.25, 0.3) is 0 Å². The average Bonchev–Trinajstić information content (AvgIpc) is 1.84. The molecular weight excluding hydrogens is 148 g/mol. The van der Waals surface area contributed by atoms with Crippen LogP contribution in [0.4, 0.5) is 0 Å². The summed E-state index contributed by atoms with van der Waals surface area (Å²) < 4.78 is 0. The number of nitrogens with two attached hydrogens (primary N) is 1. The van der Waals surface area contributed by atoms with Crippen molar-refractivity contribution in [1.82, 2.24) is 5.32 Å². The van der Waals surface area contributed by atoms with E-state index in [-0.39, 0.29) is 11.5 Å². The summed E-state index contributed by atoms with van der Waals surface area (Å²) in [6.07, 6.45) is 0. The van der Waals surface area contributed by atoms with Gasteiger partial charge in [-0.15, -0.1) is 0 Å². The van der Waals surface area contributed by atoms with E-state index in [0.29, 0.717) is 5.92 Å². The molecule has 0 heterocycles. The molecule has 0 aromatic heterocycles. The molecule has 1 unspecified atom stereocenters. The predicted octanol–water partition coefficient (Wildman–Crippen LogP) is 1.61. The molecule has 0 aliphatic carbocycles. The molecule has 0 bridgehead atoms. The van der Waals surface area contributed by atoms with Crippen LogP contribution >= 0.6 is 0 Å². The standard InChI is InChI=1S/C10H24N2/c1-8(2)6-12-7-9(11)10(3,4)5/h8-9,12H,6-7,11H2,1-5H3. The van der Waals surface area contributed by atoms with Crippen molar-refractivity contribution in [3.8, 4) is 0 Å². The number of rotatable bonds is 4. The van der Waals surface area contributed by atoms with Gasteiger partial charge in [0.1, 0.15) is 0 Å². The van der Waals surface area contributed by atoms with Crippen molar-refractivity contribution in [2.24, 2.45) is 17.1 Å². The predicted molar refractivity (Wildman–Crippen MR) is 55.1 cm³/mol. The fourth-order valence-corrected chi connectivity index (χ4v) is 0.834. The van der Waals surface area contributed by atoms with Crippen LogP contribution in [0.15, 0.2) is 0 Å². The molecule has 1 atom stereocenters. The van der Waals surface area contributed by atoms with E-state index in [1.165, 1.54) is 0 Å².